The molecular weight excluding hydrogens is 286 g/mol. The van der Waals surface area contributed by atoms with E-state index < -0.39 is 0 Å². The Morgan fingerprint density at radius 1 is 0.957 bits per heavy atom. The minimum absolute atomic E-state index is 0.146. The Morgan fingerprint density at radius 3 is 2.13 bits per heavy atom. The van der Waals surface area contributed by atoms with Crippen molar-refractivity contribution in [3.63, 3.8) is 0 Å². The number of nitrogens with one attached hydrogen (secondary N) is 2. The Balaban J connectivity index is 1.77. The molecule has 0 fully saturated rings. The third kappa shape index (κ3) is 3.64. The third-order valence-corrected chi connectivity index (χ3v) is 3.78. The van der Waals surface area contributed by atoms with Crippen LogP contribution in [-0.4, -0.2) is 16.6 Å². The molecule has 2 heterocycles. The van der Waals surface area contributed by atoms with E-state index in [-0.39, 0.29) is 5.92 Å². The largest absolute Gasteiger partial charge is 0.494 e. The van der Waals surface area contributed by atoms with Gasteiger partial charge in [-0.3, -0.25) is 0 Å². The lowest BCUT2D eigenvalue weighted by Gasteiger charge is -2.16. The van der Waals surface area contributed by atoms with E-state index in [1.807, 2.05) is 36.7 Å². The number of nitriles is 1. The Hall–Kier alpha value is -2.93. The number of H-pyrrole nitrogens is 2. The molecule has 0 aliphatic heterocycles. The van der Waals surface area contributed by atoms with Crippen molar-refractivity contribution >= 4 is 0 Å². The summed E-state index contributed by atoms with van der Waals surface area (Å²) in [6.45, 7) is 0.573. The molecule has 0 radical (unpaired) electrons. The van der Waals surface area contributed by atoms with Gasteiger partial charge in [0, 0.05) is 30.2 Å². The Morgan fingerprint density at radius 2 is 1.61 bits per heavy atom. The maximum atomic E-state index is 8.53. The van der Waals surface area contributed by atoms with Crippen molar-refractivity contribution < 1.29 is 4.74 Å². The number of rotatable bonds is 7. The molecule has 4 heteroatoms. The second-order valence-electron chi connectivity index (χ2n) is 5.36. The fraction of sp³-hybridized carbons (Fsp3) is 0.211. The van der Waals surface area contributed by atoms with Crippen LogP contribution in [0.5, 0.6) is 5.75 Å². The smallest absolute Gasteiger partial charge is 0.119 e. The second kappa shape index (κ2) is 7.37. The highest BCUT2D eigenvalue weighted by Gasteiger charge is 2.18. The molecule has 0 spiro atoms. The van der Waals surface area contributed by atoms with Gasteiger partial charge in [0.2, 0.25) is 0 Å². The van der Waals surface area contributed by atoms with Crippen LogP contribution >= 0.6 is 0 Å². The molecule has 0 bridgehead atoms. The molecular formula is C19H19N3O. The van der Waals surface area contributed by atoms with E-state index in [4.69, 9.17) is 10.00 Å². The Bertz CT molecular complexity index is 703. The Labute approximate surface area is 135 Å². The van der Waals surface area contributed by atoms with Gasteiger partial charge in [-0.1, -0.05) is 12.1 Å². The van der Waals surface area contributed by atoms with Crippen LogP contribution in [0.2, 0.25) is 0 Å². The summed E-state index contributed by atoms with van der Waals surface area (Å²) >= 11 is 0. The highest BCUT2D eigenvalue weighted by atomic mass is 16.5. The van der Waals surface area contributed by atoms with E-state index >= 15 is 0 Å². The molecule has 3 rings (SSSR count). The van der Waals surface area contributed by atoms with Gasteiger partial charge in [0.25, 0.3) is 0 Å². The van der Waals surface area contributed by atoms with Crippen LogP contribution in [0, 0.1) is 11.3 Å². The zero-order valence-electron chi connectivity index (χ0n) is 12.8. The first-order valence-corrected chi connectivity index (χ1v) is 7.75. The number of benzene rings is 1. The monoisotopic (exact) mass is 305 g/mol. The maximum absolute atomic E-state index is 8.53. The normalized spacial score (nSPS) is 10.6. The summed E-state index contributed by atoms with van der Waals surface area (Å²) in [4.78, 5) is 6.61. The molecule has 0 saturated heterocycles. The van der Waals surface area contributed by atoms with Gasteiger partial charge >= 0.3 is 0 Å². The van der Waals surface area contributed by atoms with Crippen LogP contribution < -0.4 is 4.74 Å². The number of aromatic amines is 2. The number of hydrogen-bond donors (Lipinski definition) is 2. The predicted molar refractivity (Wildman–Crippen MR) is 89.3 cm³/mol. The van der Waals surface area contributed by atoms with E-state index in [1.165, 1.54) is 5.56 Å². The van der Waals surface area contributed by atoms with Crippen molar-refractivity contribution in [3.8, 4) is 11.8 Å². The van der Waals surface area contributed by atoms with Crippen LogP contribution in [0.1, 0.15) is 35.7 Å². The SMILES string of the molecule is N#CCCCOc1ccc(C(c2ccc[nH]2)c2ccc[nH]2)cc1. The summed E-state index contributed by atoms with van der Waals surface area (Å²) in [7, 11) is 0. The van der Waals surface area contributed by atoms with Gasteiger partial charge in [-0.25, -0.2) is 0 Å². The van der Waals surface area contributed by atoms with Gasteiger partial charge in [0.1, 0.15) is 5.75 Å². The van der Waals surface area contributed by atoms with Crippen LogP contribution in [0.15, 0.2) is 60.9 Å². The van der Waals surface area contributed by atoms with Crippen molar-refractivity contribution in [3.05, 3.63) is 77.9 Å². The first-order chi connectivity index (χ1) is 11.4. The van der Waals surface area contributed by atoms with Crippen molar-refractivity contribution in [2.75, 3.05) is 6.61 Å². The summed E-state index contributed by atoms with van der Waals surface area (Å²) in [5.41, 5.74) is 3.49. The van der Waals surface area contributed by atoms with Crippen LogP contribution in [0.3, 0.4) is 0 Å². The third-order valence-electron chi connectivity index (χ3n) is 3.78. The number of aromatic nitrogens is 2. The molecule has 23 heavy (non-hydrogen) atoms. The average Bonchev–Trinajstić information content (AvgIpc) is 3.28. The molecule has 0 atom stereocenters. The first kappa shape index (κ1) is 15.0. The molecule has 116 valence electrons. The van der Waals surface area contributed by atoms with Crippen LogP contribution in [0.4, 0.5) is 0 Å². The summed E-state index contributed by atoms with van der Waals surface area (Å²) in [5, 5.41) is 8.53. The van der Waals surface area contributed by atoms with Gasteiger partial charge in [-0.2, -0.15) is 5.26 Å². The number of ether oxygens (including phenoxy) is 1. The summed E-state index contributed by atoms with van der Waals surface area (Å²) in [6.07, 6.45) is 5.17. The molecule has 0 amide bonds. The number of nitrogens with zero attached hydrogens (tertiary/aromatic N) is 1. The van der Waals surface area contributed by atoms with Gasteiger partial charge in [-0.05, 0) is 48.4 Å². The summed E-state index contributed by atoms with van der Waals surface area (Å²) < 4.78 is 5.66. The molecule has 0 aliphatic rings. The molecule has 3 aromatic rings. The van der Waals surface area contributed by atoms with Gasteiger partial charge in [-0.15, -0.1) is 0 Å². The maximum Gasteiger partial charge on any atom is 0.119 e. The molecule has 1 aromatic carbocycles. The summed E-state index contributed by atoms with van der Waals surface area (Å²) in [5.74, 6) is 0.982. The topological polar surface area (TPSA) is 64.6 Å². The lowest BCUT2D eigenvalue weighted by molar-refractivity contribution is 0.312. The van der Waals surface area contributed by atoms with Gasteiger partial charge in [0.05, 0.1) is 18.6 Å². The lowest BCUT2D eigenvalue weighted by atomic mass is 9.92. The Kier molecular flexibility index (Phi) is 4.80. The van der Waals surface area contributed by atoms with Crippen molar-refractivity contribution in [2.24, 2.45) is 0 Å². The average molecular weight is 305 g/mol. The summed E-state index contributed by atoms with van der Waals surface area (Å²) in [6, 6.07) is 18.5. The van der Waals surface area contributed by atoms with E-state index in [2.05, 4.69) is 40.3 Å². The van der Waals surface area contributed by atoms with Gasteiger partial charge < -0.3 is 14.7 Å². The van der Waals surface area contributed by atoms with Crippen LogP contribution in [-0.2, 0) is 0 Å². The molecule has 0 unspecified atom stereocenters. The van der Waals surface area contributed by atoms with E-state index in [9.17, 15) is 0 Å². The molecule has 0 saturated carbocycles. The van der Waals surface area contributed by atoms with Crippen LogP contribution in [0.25, 0.3) is 0 Å². The zero-order valence-corrected chi connectivity index (χ0v) is 12.8. The minimum atomic E-state index is 0.146. The van der Waals surface area contributed by atoms with E-state index in [0.29, 0.717) is 13.0 Å². The van der Waals surface area contributed by atoms with Crippen molar-refractivity contribution in [2.45, 2.75) is 18.8 Å². The molecule has 0 aliphatic carbocycles. The minimum Gasteiger partial charge on any atom is -0.494 e. The van der Waals surface area contributed by atoms with E-state index in [1.54, 1.807) is 0 Å². The van der Waals surface area contributed by atoms with E-state index in [0.717, 1.165) is 23.6 Å². The standard InChI is InChI=1S/C19H19N3O/c20-11-1-2-14-23-16-9-7-15(8-10-16)19(17-5-3-12-21-17)18-6-4-13-22-18/h3-10,12-13,19,21-22H,1-2,14H2. The fourth-order valence-corrected chi connectivity index (χ4v) is 2.67. The van der Waals surface area contributed by atoms with Crippen molar-refractivity contribution in [1.82, 2.24) is 9.97 Å². The van der Waals surface area contributed by atoms with Gasteiger partial charge in [0.15, 0.2) is 0 Å². The first-order valence-electron chi connectivity index (χ1n) is 7.75. The second-order valence-corrected chi connectivity index (χ2v) is 5.36. The quantitative estimate of drug-likeness (QED) is 0.642. The molecule has 4 nitrogen and oxygen atoms in total. The van der Waals surface area contributed by atoms with Crippen molar-refractivity contribution in [1.29, 1.82) is 5.26 Å². The number of unbranched alkanes of at least 4 members (excludes halogenated alkanes) is 1. The number of hydrogen-bond acceptors (Lipinski definition) is 2. The predicted octanol–water partition coefficient (Wildman–Crippen LogP) is 4.21. The lowest BCUT2D eigenvalue weighted by Crippen LogP contribution is -2.04. The molecule has 2 N–H and O–H groups in total. The highest BCUT2D eigenvalue weighted by Crippen LogP contribution is 2.30. The fourth-order valence-electron chi connectivity index (χ4n) is 2.67. The highest BCUT2D eigenvalue weighted by molar-refractivity contribution is 5.40. The molecule has 2 aromatic heterocycles. The zero-order chi connectivity index (χ0) is 15.9.